The first-order valence-corrected chi connectivity index (χ1v) is 11.7. The van der Waals surface area contributed by atoms with E-state index in [1.807, 2.05) is 13.8 Å². The van der Waals surface area contributed by atoms with Crippen LogP contribution in [0, 0.1) is 12.7 Å². The molecule has 1 saturated heterocycles. The van der Waals surface area contributed by atoms with Crippen molar-refractivity contribution in [1.29, 1.82) is 0 Å². The molecule has 0 atom stereocenters. The number of hydrogen-bond donors (Lipinski definition) is 0. The molecule has 0 N–H and O–H groups in total. The van der Waals surface area contributed by atoms with Crippen LogP contribution in [0.1, 0.15) is 48.3 Å². The molecule has 0 saturated carbocycles. The predicted molar refractivity (Wildman–Crippen MR) is 128 cm³/mol. The molecule has 10 heteroatoms. The molecule has 3 heterocycles. The molecule has 3 aromatic rings. The molecule has 2 aromatic heterocycles. The van der Waals surface area contributed by atoms with Gasteiger partial charge in [-0.2, -0.15) is 0 Å². The van der Waals surface area contributed by atoms with Gasteiger partial charge in [0.2, 0.25) is 17.5 Å². The second-order valence-corrected chi connectivity index (χ2v) is 8.61. The summed E-state index contributed by atoms with van der Waals surface area (Å²) in [7, 11) is 0. The molecule has 188 valence electrons. The first-order chi connectivity index (χ1) is 17.3. The third-order valence-corrected chi connectivity index (χ3v) is 5.62. The number of ether oxygens (including phenoxy) is 3. The highest BCUT2D eigenvalue weighted by molar-refractivity contribution is 6.08. The Bertz CT molecular complexity index is 1230. The van der Waals surface area contributed by atoms with Crippen LogP contribution in [0.4, 0.5) is 9.18 Å². The topological polar surface area (TPSA) is 104 Å². The van der Waals surface area contributed by atoms with E-state index >= 15 is 4.39 Å². The van der Waals surface area contributed by atoms with E-state index in [9.17, 15) is 9.59 Å². The quantitative estimate of drug-likeness (QED) is 0.434. The largest absolute Gasteiger partial charge is 0.474 e. The van der Waals surface area contributed by atoms with E-state index in [0.717, 1.165) is 0 Å². The number of carbonyl (C=O) groups is 2. The second kappa shape index (κ2) is 11.1. The number of hydrogen-bond acceptors (Lipinski definition) is 8. The van der Waals surface area contributed by atoms with Crippen LogP contribution in [0.2, 0.25) is 0 Å². The van der Waals surface area contributed by atoms with Gasteiger partial charge in [-0.1, -0.05) is 12.1 Å². The normalized spacial score (nSPS) is 14.0. The lowest BCUT2D eigenvalue weighted by atomic mass is 10.1. The summed E-state index contributed by atoms with van der Waals surface area (Å²) in [4.78, 5) is 38.8. The monoisotopic (exact) mass is 494 g/mol. The minimum Gasteiger partial charge on any atom is -0.474 e. The Hall–Kier alpha value is -4.08. The van der Waals surface area contributed by atoms with Gasteiger partial charge in [0.25, 0.3) is 0 Å². The molecule has 1 aliphatic rings. The number of likely N-dealkylation sites (tertiary alicyclic amines) is 1. The van der Waals surface area contributed by atoms with E-state index in [-0.39, 0.29) is 41.2 Å². The molecule has 0 spiro atoms. The van der Waals surface area contributed by atoms with E-state index in [1.54, 1.807) is 24.0 Å². The second-order valence-electron chi connectivity index (χ2n) is 8.61. The number of aromatic nitrogens is 3. The van der Waals surface area contributed by atoms with Crippen molar-refractivity contribution in [2.75, 3.05) is 13.1 Å². The van der Waals surface area contributed by atoms with Crippen LogP contribution >= 0.6 is 0 Å². The summed E-state index contributed by atoms with van der Waals surface area (Å²) in [6.07, 6.45) is 3.30. The zero-order valence-corrected chi connectivity index (χ0v) is 20.3. The Kier molecular flexibility index (Phi) is 7.72. The third kappa shape index (κ3) is 5.76. The summed E-state index contributed by atoms with van der Waals surface area (Å²) in [5.41, 5.74) is 0.461. The Morgan fingerprint density at radius 3 is 2.47 bits per heavy atom. The fourth-order valence-corrected chi connectivity index (χ4v) is 3.74. The molecule has 0 bridgehead atoms. The molecule has 0 aliphatic carbocycles. The lowest BCUT2D eigenvalue weighted by molar-refractivity contribution is 0.0504. The van der Waals surface area contributed by atoms with Crippen molar-refractivity contribution >= 4 is 11.9 Å². The van der Waals surface area contributed by atoms with Crippen LogP contribution in [0.5, 0.6) is 17.5 Å². The van der Waals surface area contributed by atoms with Gasteiger partial charge in [0, 0.05) is 32.1 Å². The highest BCUT2D eigenvalue weighted by Gasteiger charge is 2.27. The number of amides is 1. The van der Waals surface area contributed by atoms with Gasteiger partial charge in [-0.05, 0) is 45.0 Å². The van der Waals surface area contributed by atoms with Crippen molar-refractivity contribution in [2.45, 2.75) is 45.8 Å². The molecule has 1 aliphatic heterocycles. The highest BCUT2D eigenvalue weighted by atomic mass is 19.1. The summed E-state index contributed by atoms with van der Waals surface area (Å²) in [5, 5.41) is 0. The van der Waals surface area contributed by atoms with Gasteiger partial charge in [0.1, 0.15) is 18.1 Å². The maximum atomic E-state index is 15.2. The van der Waals surface area contributed by atoms with Crippen LogP contribution in [0.25, 0.3) is 0 Å². The van der Waals surface area contributed by atoms with Crippen molar-refractivity contribution in [3.8, 4) is 17.5 Å². The van der Waals surface area contributed by atoms with Crippen molar-refractivity contribution in [1.82, 2.24) is 19.9 Å². The van der Waals surface area contributed by atoms with Crippen molar-refractivity contribution in [2.24, 2.45) is 0 Å². The average Bonchev–Trinajstić information content (AvgIpc) is 2.87. The Labute approximate surface area is 208 Å². The Balaban J connectivity index is 1.45. The third-order valence-electron chi connectivity index (χ3n) is 5.62. The number of ketones is 1. The van der Waals surface area contributed by atoms with Crippen molar-refractivity contribution < 1.29 is 28.2 Å². The summed E-state index contributed by atoms with van der Waals surface area (Å²) >= 11 is 0. The zero-order valence-electron chi connectivity index (χ0n) is 20.3. The molecule has 1 amide bonds. The average molecular weight is 495 g/mol. The predicted octanol–water partition coefficient (Wildman–Crippen LogP) is 4.73. The lowest BCUT2D eigenvalue weighted by Gasteiger charge is -2.31. The number of nitrogens with zero attached hydrogens (tertiary/aromatic N) is 4. The minimum absolute atomic E-state index is 0.110. The van der Waals surface area contributed by atoms with Gasteiger partial charge in [-0.15, -0.1) is 0 Å². The number of benzene rings is 1. The van der Waals surface area contributed by atoms with Crippen LogP contribution in [-0.4, -0.2) is 57.0 Å². The van der Waals surface area contributed by atoms with E-state index in [4.69, 9.17) is 14.2 Å². The zero-order chi connectivity index (χ0) is 25.7. The molecule has 0 unspecified atom stereocenters. The summed E-state index contributed by atoms with van der Waals surface area (Å²) < 4.78 is 32.2. The van der Waals surface area contributed by atoms with Crippen LogP contribution in [-0.2, 0) is 4.74 Å². The SMILES string of the molecule is Cc1c(Oc2cccc(C(=O)c3ccccn3)c2F)ncnc1OC1CCN(C(=O)OC(C)C)CC1. The van der Waals surface area contributed by atoms with Crippen molar-refractivity contribution in [3.05, 3.63) is 71.6 Å². The van der Waals surface area contributed by atoms with Crippen LogP contribution in [0.15, 0.2) is 48.9 Å². The summed E-state index contributed by atoms with van der Waals surface area (Å²) in [6, 6.07) is 9.17. The number of carbonyl (C=O) groups excluding carboxylic acids is 2. The lowest BCUT2D eigenvalue weighted by Crippen LogP contribution is -2.42. The van der Waals surface area contributed by atoms with E-state index in [0.29, 0.717) is 37.4 Å². The minimum atomic E-state index is -0.811. The smallest absolute Gasteiger partial charge is 0.410 e. The first kappa shape index (κ1) is 25.0. The summed E-state index contributed by atoms with van der Waals surface area (Å²) in [6.45, 7) is 6.34. The van der Waals surface area contributed by atoms with E-state index in [2.05, 4.69) is 15.0 Å². The first-order valence-electron chi connectivity index (χ1n) is 11.7. The number of piperidine rings is 1. The van der Waals surface area contributed by atoms with Gasteiger partial charge in [0.15, 0.2) is 11.6 Å². The van der Waals surface area contributed by atoms with Crippen LogP contribution < -0.4 is 9.47 Å². The highest BCUT2D eigenvalue weighted by Crippen LogP contribution is 2.31. The maximum Gasteiger partial charge on any atom is 0.410 e. The van der Waals surface area contributed by atoms with Gasteiger partial charge >= 0.3 is 6.09 Å². The molecular formula is C26H27FN4O5. The molecule has 1 fully saturated rings. The molecule has 1 aromatic carbocycles. The molecular weight excluding hydrogens is 467 g/mol. The summed E-state index contributed by atoms with van der Waals surface area (Å²) in [5.74, 6) is -1.09. The molecule has 9 nitrogen and oxygen atoms in total. The Morgan fingerprint density at radius 2 is 1.78 bits per heavy atom. The fourth-order valence-electron chi connectivity index (χ4n) is 3.74. The molecule has 0 radical (unpaired) electrons. The van der Waals surface area contributed by atoms with Gasteiger partial charge in [0.05, 0.1) is 17.2 Å². The van der Waals surface area contributed by atoms with E-state index < -0.39 is 11.6 Å². The van der Waals surface area contributed by atoms with Crippen molar-refractivity contribution in [3.63, 3.8) is 0 Å². The Morgan fingerprint density at radius 1 is 1.03 bits per heavy atom. The van der Waals surface area contributed by atoms with Gasteiger partial charge in [-0.25, -0.2) is 19.2 Å². The van der Waals surface area contributed by atoms with E-state index in [1.165, 1.54) is 36.8 Å². The fraction of sp³-hybridized carbons (Fsp3) is 0.346. The molecule has 4 rings (SSSR count). The number of pyridine rings is 1. The standard InChI is InChI=1S/C26H27FN4O5/c1-16(2)34-26(33)31-13-10-18(11-14-31)35-24-17(3)25(30-15-29-24)36-21-9-6-7-19(22(21)27)23(32)20-8-4-5-12-28-20/h4-9,12,15-16,18H,10-11,13-14H2,1-3H3. The van der Waals surface area contributed by atoms with Crippen LogP contribution in [0.3, 0.4) is 0 Å². The maximum absolute atomic E-state index is 15.2. The van der Waals surface area contributed by atoms with Gasteiger partial charge < -0.3 is 19.1 Å². The molecule has 36 heavy (non-hydrogen) atoms. The number of rotatable bonds is 7. The van der Waals surface area contributed by atoms with Gasteiger partial charge in [-0.3, -0.25) is 9.78 Å². The number of halogens is 1.